The van der Waals surface area contributed by atoms with E-state index in [-0.39, 0.29) is 23.8 Å². The third kappa shape index (κ3) is 4.23. The number of urea groups is 1. The summed E-state index contributed by atoms with van der Waals surface area (Å²) in [4.78, 5) is 25.8. The topological polar surface area (TPSA) is 110 Å². The molecule has 2 aromatic rings. The molecule has 0 aromatic heterocycles. The zero-order chi connectivity index (χ0) is 19.8. The van der Waals surface area contributed by atoms with E-state index in [2.05, 4.69) is 5.32 Å². The number of rotatable bonds is 4. The smallest absolute Gasteiger partial charge is 0.312 e. The van der Waals surface area contributed by atoms with Crippen LogP contribution in [0.1, 0.15) is 11.1 Å². The Morgan fingerprint density at radius 2 is 2.04 bits per heavy atom. The monoisotopic (exact) mass is 407 g/mol. The molecular weight excluding hydrogens is 390 g/mol. The lowest BCUT2D eigenvalue weighted by molar-refractivity contribution is -0.120. The molecule has 142 valence electrons. The Kier molecular flexibility index (Phi) is 5.12. The number of benzene rings is 2. The van der Waals surface area contributed by atoms with Crippen LogP contribution in [0.15, 0.2) is 47.4 Å². The summed E-state index contributed by atoms with van der Waals surface area (Å²) in [7, 11) is -3.44. The number of nitrogens with two attached hydrogens (primary N) is 1. The lowest BCUT2D eigenvalue weighted by Gasteiger charge is -2.34. The highest BCUT2D eigenvalue weighted by Gasteiger charge is 2.34. The summed E-state index contributed by atoms with van der Waals surface area (Å²) >= 11 is 6.03. The van der Waals surface area contributed by atoms with Gasteiger partial charge in [-0.15, -0.1) is 0 Å². The predicted octanol–water partition coefficient (Wildman–Crippen LogP) is 1.87. The van der Waals surface area contributed by atoms with E-state index in [1.165, 1.54) is 17.0 Å². The van der Waals surface area contributed by atoms with Crippen LogP contribution in [0.5, 0.6) is 0 Å². The molecule has 27 heavy (non-hydrogen) atoms. The quantitative estimate of drug-likeness (QED) is 0.806. The standard InChI is InChI=1S/C18H18ClN3O4S/c1-27(25,26)14-6-5-12-8-15(21-18(20)24)17(23)22(16(12)9-14)10-11-3-2-4-13(19)7-11/h2-7,9,15H,8,10H2,1H3,(H3,20,21,24)/t15-/m1/s1. The van der Waals surface area contributed by atoms with Crippen molar-refractivity contribution in [1.82, 2.24) is 5.32 Å². The van der Waals surface area contributed by atoms with Gasteiger partial charge in [0.15, 0.2) is 9.84 Å². The van der Waals surface area contributed by atoms with E-state index in [1.807, 2.05) is 6.07 Å². The van der Waals surface area contributed by atoms with Gasteiger partial charge in [-0.1, -0.05) is 29.8 Å². The highest BCUT2D eigenvalue weighted by molar-refractivity contribution is 7.90. The number of sulfone groups is 1. The number of amides is 3. The number of nitrogens with zero attached hydrogens (tertiary/aromatic N) is 1. The van der Waals surface area contributed by atoms with Gasteiger partial charge in [-0.05, 0) is 35.4 Å². The molecule has 9 heteroatoms. The van der Waals surface area contributed by atoms with E-state index in [0.717, 1.165) is 17.4 Å². The summed E-state index contributed by atoms with van der Waals surface area (Å²) in [5, 5.41) is 2.97. The van der Waals surface area contributed by atoms with E-state index in [9.17, 15) is 18.0 Å². The number of anilines is 1. The summed E-state index contributed by atoms with van der Waals surface area (Å²) < 4.78 is 23.9. The molecule has 0 fully saturated rings. The molecule has 0 bridgehead atoms. The predicted molar refractivity (Wildman–Crippen MR) is 102 cm³/mol. The molecule has 3 rings (SSSR count). The fraction of sp³-hybridized carbons (Fsp3) is 0.222. The maximum Gasteiger partial charge on any atom is 0.312 e. The van der Waals surface area contributed by atoms with Crippen molar-refractivity contribution in [2.45, 2.75) is 23.9 Å². The molecule has 7 nitrogen and oxygen atoms in total. The first-order valence-electron chi connectivity index (χ1n) is 8.10. The van der Waals surface area contributed by atoms with E-state index in [4.69, 9.17) is 17.3 Å². The molecule has 1 aliphatic rings. The zero-order valence-corrected chi connectivity index (χ0v) is 16.0. The maximum atomic E-state index is 12.9. The van der Waals surface area contributed by atoms with Crippen LogP contribution in [0.2, 0.25) is 5.02 Å². The van der Waals surface area contributed by atoms with Crippen molar-refractivity contribution in [3.05, 3.63) is 58.6 Å². The Balaban J connectivity index is 2.07. The Bertz CT molecular complexity index is 1020. The summed E-state index contributed by atoms with van der Waals surface area (Å²) in [6.07, 6.45) is 1.34. The van der Waals surface area contributed by atoms with Gasteiger partial charge < -0.3 is 16.0 Å². The van der Waals surface area contributed by atoms with Crippen molar-refractivity contribution in [3.63, 3.8) is 0 Å². The normalized spacial score (nSPS) is 16.7. The van der Waals surface area contributed by atoms with Crippen LogP contribution >= 0.6 is 11.6 Å². The first kappa shape index (κ1) is 19.2. The highest BCUT2D eigenvalue weighted by atomic mass is 35.5. The fourth-order valence-electron chi connectivity index (χ4n) is 3.08. The van der Waals surface area contributed by atoms with Crippen LogP contribution in [0.25, 0.3) is 0 Å². The number of carbonyl (C=O) groups excluding carboxylic acids is 2. The number of halogens is 1. The summed E-state index contributed by atoms with van der Waals surface area (Å²) in [5.41, 5.74) is 7.19. The summed E-state index contributed by atoms with van der Waals surface area (Å²) in [5.74, 6) is -0.369. The first-order chi connectivity index (χ1) is 12.6. The van der Waals surface area contributed by atoms with Crippen LogP contribution in [0.3, 0.4) is 0 Å². The summed E-state index contributed by atoms with van der Waals surface area (Å²) in [6.45, 7) is 0.177. The van der Waals surface area contributed by atoms with E-state index in [0.29, 0.717) is 10.7 Å². The molecule has 3 N–H and O–H groups in total. The number of fused-ring (bicyclic) bond motifs is 1. The third-order valence-electron chi connectivity index (χ3n) is 4.31. The minimum absolute atomic E-state index is 0.117. The van der Waals surface area contributed by atoms with Crippen molar-refractivity contribution >= 4 is 39.1 Å². The van der Waals surface area contributed by atoms with Crippen molar-refractivity contribution < 1.29 is 18.0 Å². The molecule has 0 radical (unpaired) electrons. The second-order valence-corrected chi connectivity index (χ2v) is 8.83. The number of hydrogen-bond acceptors (Lipinski definition) is 4. The molecule has 0 unspecified atom stereocenters. The average Bonchev–Trinajstić information content (AvgIpc) is 2.57. The second-order valence-electron chi connectivity index (χ2n) is 6.38. The minimum atomic E-state index is -3.44. The van der Waals surface area contributed by atoms with E-state index >= 15 is 0 Å². The fourth-order valence-corrected chi connectivity index (χ4v) is 3.93. The maximum absolute atomic E-state index is 12.9. The van der Waals surface area contributed by atoms with Gasteiger partial charge in [0.05, 0.1) is 11.4 Å². The van der Waals surface area contributed by atoms with E-state index in [1.54, 1.807) is 24.3 Å². The molecule has 1 heterocycles. The largest absolute Gasteiger partial charge is 0.352 e. The first-order valence-corrected chi connectivity index (χ1v) is 10.4. The van der Waals surface area contributed by atoms with Crippen LogP contribution in [-0.2, 0) is 27.6 Å². The molecule has 2 aromatic carbocycles. The van der Waals surface area contributed by atoms with Gasteiger partial charge in [0.1, 0.15) is 6.04 Å². The average molecular weight is 408 g/mol. The van der Waals surface area contributed by atoms with Gasteiger partial charge in [0, 0.05) is 23.4 Å². The Morgan fingerprint density at radius 3 is 2.67 bits per heavy atom. The third-order valence-corrected chi connectivity index (χ3v) is 5.66. The number of carbonyl (C=O) groups is 2. The second kappa shape index (κ2) is 7.21. The van der Waals surface area contributed by atoms with Crippen molar-refractivity contribution in [2.24, 2.45) is 5.73 Å². The Morgan fingerprint density at radius 1 is 1.30 bits per heavy atom. The van der Waals surface area contributed by atoms with Crippen molar-refractivity contribution in [1.29, 1.82) is 0 Å². The number of hydrogen-bond donors (Lipinski definition) is 2. The highest BCUT2D eigenvalue weighted by Crippen LogP contribution is 2.32. The van der Waals surface area contributed by atoms with Crippen molar-refractivity contribution in [2.75, 3.05) is 11.2 Å². The zero-order valence-electron chi connectivity index (χ0n) is 14.5. The minimum Gasteiger partial charge on any atom is -0.352 e. The van der Waals surface area contributed by atoms with Gasteiger partial charge in [-0.3, -0.25) is 4.79 Å². The lowest BCUT2D eigenvalue weighted by atomic mass is 9.96. The lowest BCUT2D eigenvalue weighted by Crippen LogP contribution is -2.53. The molecule has 0 saturated carbocycles. The van der Waals surface area contributed by atoms with Crippen LogP contribution in [-0.4, -0.2) is 32.7 Å². The van der Waals surface area contributed by atoms with Gasteiger partial charge in [0.25, 0.3) is 0 Å². The number of primary amides is 1. The molecule has 0 spiro atoms. The Hall–Kier alpha value is -2.58. The van der Waals surface area contributed by atoms with E-state index < -0.39 is 21.9 Å². The molecular formula is C18H18ClN3O4S. The SMILES string of the molecule is CS(=O)(=O)c1ccc2c(c1)N(Cc1cccc(Cl)c1)C(=O)[C@H](NC(N)=O)C2. The molecule has 0 aliphatic carbocycles. The van der Waals surface area contributed by atoms with Gasteiger partial charge in [-0.2, -0.15) is 0 Å². The van der Waals surface area contributed by atoms with Crippen LogP contribution < -0.4 is 16.0 Å². The van der Waals surface area contributed by atoms with Gasteiger partial charge in [-0.25, -0.2) is 13.2 Å². The molecule has 1 atom stereocenters. The Labute approximate surface area is 162 Å². The van der Waals surface area contributed by atoms with Crippen molar-refractivity contribution in [3.8, 4) is 0 Å². The van der Waals surface area contributed by atoms with Crippen LogP contribution in [0, 0.1) is 0 Å². The molecule has 3 amide bonds. The van der Waals surface area contributed by atoms with Gasteiger partial charge in [0.2, 0.25) is 5.91 Å². The molecule has 1 aliphatic heterocycles. The molecule has 0 saturated heterocycles. The van der Waals surface area contributed by atoms with Crippen LogP contribution in [0.4, 0.5) is 10.5 Å². The number of nitrogens with one attached hydrogen (secondary N) is 1. The van der Waals surface area contributed by atoms with Gasteiger partial charge >= 0.3 is 6.03 Å². The summed E-state index contributed by atoms with van der Waals surface area (Å²) in [6, 6.07) is 10.0.